The molecule has 1 aromatic heterocycles. The summed E-state index contributed by atoms with van der Waals surface area (Å²) in [6.07, 6.45) is 3.16. The summed E-state index contributed by atoms with van der Waals surface area (Å²) in [7, 11) is 0. The van der Waals surface area contributed by atoms with E-state index in [1.807, 2.05) is 0 Å². The minimum Gasteiger partial charge on any atom is -0.262 e. The van der Waals surface area contributed by atoms with Crippen molar-refractivity contribution in [3.8, 4) is 0 Å². The normalized spacial score (nSPS) is 9.25. The lowest BCUT2D eigenvalue weighted by Gasteiger charge is -1.85. The number of halogens is 2. The SMILES string of the molecule is Clc1[c]c(Br)cnc1. The molecule has 0 bridgehead atoms. The van der Waals surface area contributed by atoms with E-state index in [0.717, 1.165) is 4.47 Å². The molecule has 1 heterocycles. The van der Waals surface area contributed by atoms with Crippen LogP contribution in [-0.2, 0) is 0 Å². The van der Waals surface area contributed by atoms with E-state index in [9.17, 15) is 0 Å². The molecular formula is C5H2BrClN. The number of nitrogens with zero attached hydrogens (tertiary/aromatic N) is 1. The average molecular weight is 191 g/mol. The molecule has 0 spiro atoms. The average Bonchev–Trinajstić information content (AvgIpc) is 1.64. The predicted molar refractivity (Wildman–Crippen MR) is 35.8 cm³/mol. The Labute approximate surface area is 60.8 Å². The molecule has 41 valence electrons. The highest BCUT2D eigenvalue weighted by Crippen LogP contribution is 2.11. The van der Waals surface area contributed by atoms with Gasteiger partial charge in [0.1, 0.15) is 0 Å². The largest absolute Gasteiger partial charge is 0.262 e. The van der Waals surface area contributed by atoms with Gasteiger partial charge >= 0.3 is 0 Å². The van der Waals surface area contributed by atoms with Gasteiger partial charge in [0.2, 0.25) is 0 Å². The summed E-state index contributed by atoms with van der Waals surface area (Å²) < 4.78 is 0.782. The lowest BCUT2D eigenvalue weighted by atomic mass is 10.5. The minimum absolute atomic E-state index is 0.527. The first kappa shape index (κ1) is 6.05. The topological polar surface area (TPSA) is 12.9 Å². The maximum atomic E-state index is 5.50. The van der Waals surface area contributed by atoms with Gasteiger partial charge < -0.3 is 0 Å². The van der Waals surface area contributed by atoms with Gasteiger partial charge in [0.15, 0.2) is 0 Å². The van der Waals surface area contributed by atoms with Gasteiger partial charge in [0, 0.05) is 22.9 Å². The Morgan fingerprint density at radius 3 is 2.75 bits per heavy atom. The summed E-state index contributed by atoms with van der Waals surface area (Å²) in [5.74, 6) is 0. The van der Waals surface area contributed by atoms with Crippen LogP contribution >= 0.6 is 27.5 Å². The van der Waals surface area contributed by atoms with Crippen molar-refractivity contribution in [2.75, 3.05) is 0 Å². The summed E-state index contributed by atoms with van der Waals surface area (Å²) >= 11 is 8.66. The third-order valence-electron chi connectivity index (χ3n) is 0.615. The van der Waals surface area contributed by atoms with Crippen LogP contribution in [0.25, 0.3) is 0 Å². The molecule has 0 aliphatic carbocycles. The Morgan fingerprint density at radius 1 is 1.62 bits per heavy atom. The summed E-state index contributed by atoms with van der Waals surface area (Å²) in [4.78, 5) is 3.77. The van der Waals surface area contributed by atoms with E-state index >= 15 is 0 Å². The Bertz CT molecular complexity index is 172. The van der Waals surface area contributed by atoms with Gasteiger partial charge in [0.05, 0.1) is 5.02 Å². The summed E-state index contributed by atoms with van der Waals surface area (Å²) in [6, 6.07) is 2.79. The van der Waals surface area contributed by atoms with Crippen molar-refractivity contribution in [3.05, 3.63) is 28.0 Å². The summed E-state index contributed by atoms with van der Waals surface area (Å²) in [5, 5.41) is 0.527. The Morgan fingerprint density at radius 2 is 2.38 bits per heavy atom. The fourth-order valence-corrected chi connectivity index (χ4v) is 0.951. The van der Waals surface area contributed by atoms with E-state index in [2.05, 4.69) is 27.0 Å². The van der Waals surface area contributed by atoms with Crippen LogP contribution in [-0.4, -0.2) is 4.98 Å². The van der Waals surface area contributed by atoms with Crippen LogP contribution in [0.3, 0.4) is 0 Å². The second-order valence-corrected chi connectivity index (χ2v) is 2.49. The van der Waals surface area contributed by atoms with Crippen molar-refractivity contribution in [3.63, 3.8) is 0 Å². The van der Waals surface area contributed by atoms with Crippen LogP contribution in [0.1, 0.15) is 0 Å². The van der Waals surface area contributed by atoms with Crippen LogP contribution in [0.2, 0.25) is 5.02 Å². The van der Waals surface area contributed by atoms with Crippen LogP contribution in [0.4, 0.5) is 0 Å². The van der Waals surface area contributed by atoms with Crippen molar-refractivity contribution in [1.29, 1.82) is 0 Å². The molecule has 1 nitrogen and oxygen atoms in total. The van der Waals surface area contributed by atoms with E-state index in [-0.39, 0.29) is 0 Å². The van der Waals surface area contributed by atoms with Crippen molar-refractivity contribution >= 4 is 27.5 Å². The lowest BCUT2D eigenvalue weighted by molar-refractivity contribution is 1.31. The monoisotopic (exact) mass is 190 g/mol. The summed E-state index contributed by atoms with van der Waals surface area (Å²) in [6.45, 7) is 0. The van der Waals surface area contributed by atoms with E-state index in [1.54, 1.807) is 6.20 Å². The highest BCUT2D eigenvalue weighted by molar-refractivity contribution is 9.10. The molecule has 1 rings (SSSR count). The first-order chi connectivity index (χ1) is 3.79. The molecule has 3 heteroatoms. The highest BCUT2D eigenvalue weighted by atomic mass is 79.9. The Hall–Kier alpha value is -0.0800. The van der Waals surface area contributed by atoms with Crippen LogP contribution in [0, 0.1) is 6.07 Å². The second kappa shape index (κ2) is 2.46. The first-order valence-electron chi connectivity index (χ1n) is 1.97. The van der Waals surface area contributed by atoms with Crippen LogP contribution < -0.4 is 0 Å². The molecule has 0 saturated heterocycles. The Kier molecular flexibility index (Phi) is 1.86. The highest BCUT2D eigenvalue weighted by Gasteiger charge is 1.87. The van der Waals surface area contributed by atoms with Gasteiger partial charge in [-0.05, 0) is 15.9 Å². The minimum atomic E-state index is 0.527. The quantitative estimate of drug-likeness (QED) is 0.613. The smallest absolute Gasteiger partial charge is 0.0679 e. The molecule has 0 unspecified atom stereocenters. The number of aromatic nitrogens is 1. The predicted octanol–water partition coefficient (Wildman–Crippen LogP) is 2.30. The summed E-state index contributed by atoms with van der Waals surface area (Å²) in [5.41, 5.74) is 0. The number of rotatable bonds is 0. The van der Waals surface area contributed by atoms with Gasteiger partial charge in [-0.1, -0.05) is 11.6 Å². The van der Waals surface area contributed by atoms with Crippen molar-refractivity contribution in [1.82, 2.24) is 4.98 Å². The Balaban J connectivity index is 3.08. The molecule has 0 N–H and O–H groups in total. The zero-order chi connectivity index (χ0) is 5.98. The third kappa shape index (κ3) is 1.46. The van der Waals surface area contributed by atoms with E-state index in [0.29, 0.717) is 5.02 Å². The number of pyridine rings is 1. The zero-order valence-electron chi connectivity index (χ0n) is 3.86. The molecular weight excluding hydrogens is 189 g/mol. The molecule has 1 radical (unpaired) electrons. The third-order valence-corrected chi connectivity index (χ3v) is 1.21. The van der Waals surface area contributed by atoms with Crippen molar-refractivity contribution < 1.29 is 0 Å². The van der Waals surface area contributed by atoms with Crippen molar-refractivity contribution in [2.24, 2.45) is 0 Å². The van der Waals surface area contributed by atoms with E-state index in [1.165, 1.54) is 6.20 Å². The molecule has 0 fully saturated rings. The molecule has 1 aromatic rings. The molecule has 8 heavy (non-hydrogen) atoms. The van der Waals surface area contributed by atoms with E-state index in [4.69, 9.17) is 11.6 Å². The lowest BCUT2D eigenvalue weighted by Crippen LogP contribution is -1.69. The fourth-order valence-electron chi connectivity index (χ4n) is 0.347. The maximum absolute atomic E-state index is 5.50. The number of hydrogen-bond donors (Lipinski definition) is 0. The molecule has 0 aromatic carbocycles. The zero-order valence-corrected chi connectivity index (χ0v) is 6.20. The van der Waals surface area contributed by atoms with E-state index < -0.39 is 0 Å². The molecule has 0 aliphatic rings. The molecule has 0 amide bonds. The second-order valence-electron chi connectivity index (χ2n) is 1.23. The number of hydrogen-bond acceptors (Lipinski definition) is 1. The van der Waals surface area contributed by atoms with Gasteiger partial charge in [-0.15, -0.1) is 0 Å². The van der Waals surface area contributed by atoms with Gasteiger partial charge in [-0.2, -0.15) is 0 Å². The van der Waals surface area contributed by atoms with Gasteiger partial charge in [-0.25, -0.2) is 0 Å². The van der Waals surface area contributed by atoms with Gasteiger partial charge in [-0.3, -0.25) is 4.98 Å². The first-order valence-corrected chi connectivity index (χ1v) is 3.14. The molecule has 0 saturated carbocycles. The molecule has 0 atom stereocenters. The van der Waals surface area contributed by atoms with Gasteiger partial charge in [0.25, 0.3) is 0 Å². The molecule has 0 aliphatic heterocycles. The standard InChI is InChI=1S/C5H2BrClN/c6-4-1-5(7)3-8-2-4/h2-3H. The van der Waals surface area contributed by atoms with Crippen molar-refractivity contribution in [2.45, 2.75) is 0 Å². The van der Waals surface area contributed by atoms with Crippen LogP contribution in [0.15, 0.2) is 16.9 Å². The maximum Gasteiger partial charge on any atom is 0.0679 e. The van der Waals surface area contributed by atoms with Crippen LogP contribution in [0.5, 0.6) is 0 Å². The fraction of sp³-hybridized carbons (Fsp3) is 0.